The van der Waals surface area contributed by atoms with Gasteiger partial charge in [-0.15, -0.1) is 0 Å². The number of hydrogen-bond donors (Lipinski definition) is 3. The van der Waals surface area contributed by atoms with Gasteiger partial charge < -0.3 is 34.0 Å². The summed E-state index contributed by atoms with van der Waals surface area (Å²) in [6.07, 6.45) is 2.97. The van der Waals surface area contributed by atoms with Crippen molar-refractivity contribution < 1.29 is 32.9 Å². The fraction of sp³-hybridized carbons (Fsp3) is 0.344. The molecule has 1 heterocycles. The highest BCUT2D eigenvalue weighted by Gasteiger charge is 2.26. The molecule has 1 aliphatic rings. The predicted octanol–water partition coefficient (Wildman–Crippen LogP) is 4.78. The first-order valence-corrected chi connectivity index (χ1v) is 13.7. The van der Waals surface area contributed by atoms with Crippen LogP contribution in [0.25, 0.3) is 17.2 Å². The SMILES string of the molecule is COc1cc(/C=C2/C(C)=C(CC(O)NCc3ccco3)c3cc(F)ccc32)cc(OC)c1NCC(=O)OCCN(C)C. The van der Waals surface area contributed by atoms with E-state index in [-0.39, 0.29) is 18.8 Å². The van der Waals surface area contributed by atoms with Crippen LogP contribution < -0.4 is 20.1 Å². The molecule has 3 aromatic rings. The fourth-order valence-corrected chi connectivity index (χ4v) is 4.82. The van der Waals surface area contributed by atoms with E-state index in [4.69, 9.17) is 18.6 Å². The molecule has 0 aliphatic heterocycles. The van der Waals surface area contributed by atoms with Crippen LogP contribution in [-0.4, -0.2) is 70.2 Å². The minimum absolute atomic E-state index is 0.0546. The Hall–Kier alpha value is -4.12. The number of nitrogens with one attached hydrogen (secondary N) is 2. The lowest BCUT2D eigenvalue weighted by atomic mass is 10.00. The smallest absolute Gasteiger partial charge is 0.325 e. The van der Waals surface area contributed by atoms with Crippen molar-refractivity contribution >= 4 is 28.9 Å². The van der Waals surface area contributed by atoms with E-state index in [2.05, 4.69) is 10.6 Å². The number of anilines is 1. The van der Waals surface area contributed by atoms with Crippen molar-refractivity contribution in [2.75, 3.05) is 53.3 Å². The summed E-state index contributed by atoms with van der Waals surface area (Å²) in [5.74, 6) is 0.937. The van der Waals surface area contributed by atoms with Gasteiger partial charge in [0.1, 0.15) is 48.1 Å². The molecule has 1 aromatic heterocycles. The van der Waals surface area contributed by atoms with Crippen LogP contribution in [0.2, 0.25) is 0 Å². The summed E-state index contributed by atoms with van der Waals surface area (Å²) in [5, 5.41) is 16.9. The summed E-state index contributed by atoms with van der Waals surface area (Å²) >= 11 is 0. The Bertz CT molecular complexity index is 1420. The molecule has 0 bridgehead atoms. The molecule has 0 radical (unpaired) electrons. The molecule has 0 saturated carbocycles. The molecule has 0 amide bonds. The van der Waals surface area contributed by atoms with Gasteiger partial charge in [0.05, 0.1) is 27.0 Å². The highest BCUT2D eigenvalue weighted by atomic mass is 19.1. The number of rotatable bonds is 14. The Morgan fingerprint density at radius 1 is 1.12 bits per heavy atom. The Morgan fingerprint density at radius 2 is 1.86 bits per heavy atom. The van der Waals surface area contributed by atoms with Crippen LogP contribution in [-0.2, 0) is 16.1 Å². The first-order valence-electron chi connectivity index (χ1n) is 13.7. The molecule has 9 nitrogen and oxygen atoms in total. The molecule has 1 atom stereocenters. The maximum absolute atomic E-state index is 14.4. The summed E-state index contributed by atoms with van der Waals surface area (Å²) in [7, 11) is 6.90. The quantitative estimate of drug-likeness (QED) is 0.184. The minimum atomic E-state index is -0.865. The number of esters is 1. The van der Waals surface area contributed by atoms with E-state index in [0.29, 0.717) is 42.6 Å². The molecule has 0 spiro atoms. The topological polar surface area (TPSA) is 105 Å². The number of hydrogen-bond acceptors (Lipinski definition) is 9. The number of nitrogens with zero attached hydrogens (tertiary/aromatic N) is 1. The molecule has 0 fully saturated rings. The fourth-order valence-electron chi connectivity index (χ4n) is 4.82. The van der Waals surface area contributed by atoms with Gasteiger partial charge in [-0.2, -0.15) is 0 Å². The standard InChI is InChI=1S/C32H38FN3O6/c1-20-25(24-9-8-22(33)16-27(24)26(20)17-30(37)34-18-23-7-6-11-41-23)13-21-14-28(39-4)32(29(15-21)40-5)35-19-31(38)42-12-10-36(2)3/h6-9,11,13-16,30,34-35,37H,10,12,17-19H2,1-5H3/b25-13-. The number of benzene rings is 2. The zero-order chi connectivity index (χ0) is 30.2. The lowest BCUT2D eigenvalue weighted by Gasteiger charge is -2.16. The van der Waals surface area contributed by atoms with Crippen molar-refractivity contribution in [3.63, 3.8) is 0 Å². The van der Waals surface area contributed by atoms with E-state index in [1.54, 1.807) is 32.6 Å². The number of furan rings is 1. The number of ether oxygens (including phenoxy) is 3. The van der Waals surface area contributed by atoms with E-state index in [1.165, 1.54) is 12.1 Å². The summed E-state index contributed by atoms with van der Waals surface area (Å²) in [6, 6.07) is 12.0. The number of allylic oxidation sites excluding steroid dienone is 2. The molecule has 10 heteroatoms. The Labute approximate surface area is 245 Å². The van der Waals surface area contributed by atoms with Crippen molar-refractivity contribution in [3.8, 4) is 11.5 Å². The maximum Gasteiger partial charge on any atom is 0.325 e. The number of aliphatic hydroxyl groups excluding tert-OH is 1. The van der Waals surface area contributed by atoms with Crippen LogP contribution in [0.4, 0.5) is 10.1 Å². The summed E-state index contributed by atoms with van der Waals surface area (Å²) in [6.45, 7) is 3.21. The van der Waals surface area contributed by atoms with Gasteiger partial charge in [-0.1, -0.05) is 6.07 Å². The van der Waals surface area contributed by atoms with Gasteiger partial charge in [-0.3, -0.25) is 10.1 Å². The van der Waals surface area contributed by atoms with Crippen LogP contribution in [0.3, 0.4) is 0 Å². The summed E-state index contributed by atoms with van der Waals surface area (Å²) in [5.41, 5.74) is 5.58. The second kappa shape index (κ2) is 14.2. The van der Waals surface area contributed by atoms with Gasteiger partial charge >= 0.3 is 5.97 Å². The molecular formula is C32H38FN3O6. The van der Waals surface area contributed by atoms with Crippen LogP contribution in [0.15, 0.2) is 58.7 Å². The van der Waals surface area contributed by atoms with Crippen LogP contribution >= 0.6 is 0 Å². The molecule has 42 heavy (non-hydrogen) atoms. The highest BCUT2D eigenvalue weighted by molar-refractivity contribution is 6.05. The molecule has 2 aromatic carbocycles. The zero-order valence-corrected chi connectivity index (χ0v) is 24.6. The number of fused-ring (bicyclic) bond motifs is 1. The predicted molar refractivity (Wildman–Crippen MR) is 161 cm³/mol. The highest BCUT2D eigenvalue weighted by Crippen LogP contribution is 2.45. The van der Waals surface area contributed by atoms with E-state index < -0.39 is 12.2 Å². The number of carbonyl (C=O) groups excluding carboxylic acids is 1. The van der Waals surface area contributed by atoms with Crippen molar-refractivity contribution in [1.29, 1.82) is 0 Å². The maximum atomic E-state index is 14.4. The Balaban J connectivity index is 1.59. The molecule has 1 unspecified atom stereocenters. The minimum Gasteiger partial charge on any atom is -0.494 e. The average molecular weight is 580 g/mol. The van der Waals surface area contributed by atoms with Gasteiger partial charge in [0.2, 0.25) is 0 Å². The van der Waals surface area contributed by atoms with E-state index >= 15 is 0 Å². The third-order valence-corrected chi connectivity index (χ3v) is 6.99. The van der Waals surface area contributed by atoms with E-state index in [9.17, 15) is 14.3 Å². The molecule has 1 aliphatic carbocycles. The largest absolute Gasteiger partial charge is 0.494 e. The third kappa shape index (κ3) is 7.58. The molecule has 0 saturated heterocycles. The molecule has 4 rings (SSSR count). The van der Waals surface area contributed by atoms with Crippen molar-refractivity contribution in [3.05, 3.63) is 82.6 Å². The number of aliphatic hydroxyl groups is 1. The second-order valence-electron chi connectivity index (χ2n) is 10.2. The van der Waals surface area contributed by atoms with E-state index in [1.807, 2.05) is 50.2 Å². The average Bonchev–Trinajstić information content (AvgIpc) is 3.57. The first-order chi connectivity index (χ1) is 20.2. The number of likely N-dealkylation sites (N-methyl/N-ethyl adjacent to an activating group) is 1. The first kappa shape index (κ1) is 30.8. The lowest BCUT2D eigenvalue weighted by molar-refractivity contribution is -0.141. The molecule has 224 valence electrons. The number of carbonyl (C=O) groups is 1. The van der Waals surface area contributed by atoms with Gasteiger partial charge in [-0.25, -0.2) is 4.39 Å². The van der Waals surface area contributed by atoms with Gasteiger partial charge in [0, 0.05) is 13.0 Å². The summed E-state index contributed by atoms with van der Waals surface area (Å²) in [4.78, 5) is 14.2. The third-order valence-electron chi connectivity index (χ3n) is 6.99. The van der Waals surface area contributed by atoms with Crippen molar-refractivity contribution in [2.24, 2.45) is 0 Å². The van der Waals surface area contributed by atoms with Gasteiger partial charge in [0.25, 0.3) is 0 Å². The van der Waals surface area contributed by atoms with Crippen LogP contribution in [0, 0.1) is 5.82 Å². The van der Waals surface area contributed by atoms with Crippen molar-refractivity contribution in [2.45, 2.75) is 26.1 Å². The second-order valence-corrected chi connectivity index (χ2v) is 10.2. The van der Waals surface area contributed by atoms with Crippen LogP contribution in [0.1, 0.15) is 35.8 Å². The number of halogens is 1. The zero-order valence-electron chi connectivity index (χ0n) is 24.6. The van der Waals surface area contributed by atoms with Gasteiger partial charge in [-0.05, 0) is 96.9 Å². The lowest BCUT2D eigenvalue weighted by Crippen LogP contribution is -2.28. The Kier molecular flexibility index (Phi) is 10.4. The monoisotopic (exact) mass is 579 g/mol. The number of methoxy groups -OCH3 is 2. The summed E-state index contributed by atoms with van der Waals surface area (Å²) < 4.78 is 36.2. The van der Waals surface area contributed by atoms with E-state index in [0.717, 1.165) is 33.4 Å². The van der Waals surface area contributed by atoms with Crippen molar-refractivity contribution in [1.82, 2.24) is 10.2 Å². The normalized spacial score (nSPS) is 14.3. The Morgan fingerprint density at radius 3 is 2.50 bits per heavy atom. The molecule has 3 N–H and O–H groups in total. The van der Waals surface area contributed by atoms with Crippen LogP contribution in [0.5, 0.6) is 11.5 Å². The molecular weight excluding hydrogens is 541 g/mol. The van der Waals surface area contributed by atoms with Gasteiger partial charge in [0.15, 0.2) is 0 Å².